The molecule has 0 aliphatic rings. The number of carbonyl (C=O) groups excluding carboxylic acids is 1. The Morgan fingerprint density at radius 2 is 1.04 bits per heavy atom. The van der Waals surface area contributed by atoms with Gasteiger partial charge >= 0.3 is 5.97 Å². The summed E-state index contributed by atoms with van der Waals surface area (Å²) >= 11 is 0. The van der Waals surface area contributed by atoms with E-state index in [2.05, 4.69) is 18.7 Å². The Morgan fingerprint density at radius 1 is 0.607 bits per heavy atom. The number of hydrogen-bond acceptors (Lipinski definition) is 4. The second-order valence-corrected chi connectivity index (χ2v) is 8.54. The van der Waals surface area contributed by atoms with Crippen molar-refractivity contribution in [2.45, 2.75) is 117 Å². The molecule has 0 unspecified atom stereocenters. The standard InChI is InChI=1S/C24H50N2O2/c1-5-7-9-11-13-15-17-22-26(23-18-16-14-12-10-8-6-2)28-24(27)20-19-21-25(3)4/h5-23H2,1-4H3. The smallest absolute Gasteiger partial charge is 0.325 e. The minimum absolute atomic E-state index is 0.0623. The first kappa shape index (κ1) is 27.4. The van der Waals surface area contributed by atoms with E-state index >= 15 is 0 Å². The Balaban J connectivity index is 4.02. The predicted octanol–water partition coefficient (Wildman–Crippen LogP) is 6.59. The minimum Gasteiger partial charge on any atom is -0.368 e. The lowest BCUT2D eigenvalue weighted by molar-refractivity contribution is -0.191. The molecule has 0 spiro atoms. The minimum atomic E-state index is -0.0623. The lowest BCUT2D eigenvalue weighted by atomic mass is 10.1. The van der Waals surface area contributed by atoms with Crippen LogP contribution >= 0.6 is 0 Å². The van der Waals surface area contributed by atoms with Gasteiger partial charge in [0, 0.05) is 19.5 Å². The second kappa shape index (κ2) is 21.1. The van der Waals surface area contributed by atoms with E-state index in [9.17, 15) is 4.79 Å². The molecule has 168 valence electrons. The van der Waals surface area contributed by atoms with E-state index in [1.165, 1.54) is 77.0 Å². The van der Waals surface area contributed by atoms with Crippen LogP contribution in [0.3, 0.4) is 0 Å². The molecule has 28 heavy (non-hydrogen) atoms. The van der Waals surface area contributed by atoms with Gasteiger partial charge in [0.1, 0.15) is 0 Å². The summed E-state index contributed by atoms with van der Waals surface area (Å²) < 4.78 is 0. The molecule has 0 aromatic carbocycles. The Hall–Kier alpha value is -0.610. The Labute approximate surface area is 176 Å². The van der Waals surface area contributed by atoms with Crippen molar-refractivity contribution >= 4 is 5.97 Å². The Kier molecular flexibility index (Phi) is 20.6. The molecule has 4 nitrogen and oxygen atoms in total. The number of rotatable bonds is 21. The summed E-state index contributed by atoms with van der Waals surface area (Å²) in [6, 6.07) is 0. The van der Waals surface area contributed by atoms with Crippen molar-refractivity contribution in [2.24, 2.45) is 0 Å². The van der Waals surface area contributed by atoms with Crippen LogP contribution in [0.2, 0.25) is 0 Å². The first-order chi connectivity index (χ1) is 13.6. The lowest BCUT2D eigenvalue weighted by Crippen LogP contribution is -2.30. The van der Waals surface area contributed by atoms with Crippen molar-refractivity contribution in [1.82, 2.24) is 9.96 Å². The molecule has 0 aliphatic heterocycles. The van der Waals surface area contributed by atoms with Gasteiger partial charge in [-0.25, -0.2) is 0 Å². The van der Waals surface area contributed by atoms with Gasteiger partial charge in [0.2, 0.25) is 0 Å². The zero-order valence-corrected chi connectivity index (χ0v) is 19.6. The molecule has 0 saturated carbocycles. The first-order valence-electron chi connectivity index (χ1n) is 12.2. The fraction of sp³-hybridized carbons (Fsp3) is 0.958. The molecule has 0 aromatic heterocycles. The van der Waals surface area contributed by atoms with E-state index in [4.69, 9.17) is 4.84 Å². The molecule has 0 aliphatic carbocycles. The monoisotopic (exact) mass is 398 g/mol. The second-order valence-electron chi connectivity index (χ2n) is 8.54. The van der Waals surface area contributed by atoms with Crippen LogP contribution in [0.15, 0.2) is 0 Å². The molecule has 0 N–H and O–H groups in total. The van der Waals surface area contributed by atoms with Gasteiger partial charge in [-0.15, -0.1) is 5.06 Å². The van der Waals surface area contributed by atoms with Crippen LogP contribution < -0.4 is 0 Å². The molecule has 0 rings (SSSR count). The largest absolute Gasteiger partial charge is 0.368 e. The molecule has 0 amide bonds. The zero-order valence-electron chi connectivity index (χ0n) is 19.6. The van der Waals surface area contributed by atoms with Crippen molar-refractivity contribution in [3.8, 4) is 0 Å². The number of nitrogens with zero attached hydrogens (tertiary/aromatic N) is 2. The molecule has 0 bridgehead atoms. The van der Waals surface area contributed by atoms with Gasteiger partial charge < -0.3 is 9.74 Å². The maximum atomic E-state index is 12.2. The maximum Gasteiger partial charge on any atom is 0.325 e. The van der Waals surface area contributed by atoms with Crippen molar-refractivity contribution in [2.75, 3.05) is 33.7 Å². The molecule has 0 fully saturated rings. The molecular weight excluding hydrogens is 348 g/mol. The highest BCUT2D eigenvalue weighted by Crippen LogP contribution is 2.11. The topological polar surface area (TPSA) is 32.8 Å². The lowest BCUT2D eigenvalue weighted by Gasteiger charge is -2.21. The van der Waals surface area contributed by atoms with Gasteiger partial charge in [-0.2, -0.15) is 0 Å². The first-order valence-corrected chi connectivity index (χ1v) is 12.2. The molecular formula is C24H50N2O2. The van der Waals surface area contributed by atoms with Crippen molar-refractivity contribution < 1.29 is 9.63 Å². The van der Waals surface area contributed by atoms with Crippen LogP contribution in [0.4, 0.5) is 0 Å². The average Bonchev–Trinajstić information content (AvgIpc) is 2.66. The third kappa shape index (κ3) is 20.1. The van der Waals surface area contributed by atoms with Crippen LogP contribution in [-0.2, 0) is 9.63 Å². The number of hydrogen-bond donors (Lipinski definition) is 0. The van der Waals surface area contributed by atoms with Gasteiger partial charge in [0.15, 0.2) is 0 Å². The van der Waals surface area contributed by atoms with E-state index in [0.717, 1.165) is 38.9 Å². The average molecular weight is 399 g/mol. The van der Waals surface area contributed by atoms with Crippen LogP contribution in [-0.4, -0.2) is 49.7 Å². The van der Waals surface area contributed by atoms with E-state index in [0.29, 0.717) is 6.42 Å². The Bertz CT molecular complexity index is 317. The summed E-state index contributed by atoms with van der Waals surface area (Å²) in [5.41, 5.74) is 0. The van der Waals surface area contributed by atoms with Gasteiger partial charge in [-0.3, -0.25) is 4.79 Å². The van der Waals surface area contributed by atoms with Gasteiger partial charge in [0.05, 0.1) is 0 Å². The Morgan fingerprint density at radius 3 is 1.46 bits per heavy atom. The summed E-state index contributed by atoms with van der Waals surface area (Å²) in [6.45, 7) is 7.24. The summed E-state index contributed by atoms with van der Waals surface area (Å²) in [7, 11) is 4.08. The summed E-state index contributed by atoms with van der Waals surface area (Å²) in [5, 5.41) is 1.95. The molecule has 0 saturated heterocycles. The van der Waals surface area contributed by atoms with E-state index in [1.54, 1.807) is 0 Å². The highest BCUT2D eigenvalue weighted by Gasteiger charge is 2.11. The van der Waals surface area contributed by atoms with Gasteiger partial charge in [0.25, 0.3) is 0 Å². The highest BCUT2D eigenvalue weighted by atomic mass is 16.7. The van der Waals surface area contributed by atoms with Crippen molar-refractivity contribution in [3.63, 3.8) is 0 Å². The van der Waals surface area contributed by atoms with Crippen LogP contribution in [0, 0.1) is 0 Å². The van der Waals surface area contributed by atoms with Crippen LogP contribution in [0.1, 0.15) is 117 Å². The van der Waals surface area contributed by atoms with E-state index in [-0.39, 0.29) is 5.97 Å². The number of hydroxylamine groups is 2. The third-order valence-electron chi connectivity index (χ3n) is 5.24. The summed E-state index contributed by atoms with van der Waals surface area (Å²) in [5.74, 6) is -0.0623. The molecule has 0 atom stereocenters. The molecule has 0 heterocycles. The van der Waals surface area contributed by atoms with Crippen molar-refractivity contribution in [1.29, 1.82) is 0 Å². The third-order valence-corrected chi connectivity index (χ3v) is 5.24. The maximum absolute atomic E-state index is 12.2. The van der Waals surface area contributed by atoms with Gasteiger partial charge in [-0.05, 0) is 39.9 Å². The molecule has 0 radical (unpaired) electrons. The molecule has 0 aromatic rings. The zero-order chi connectivity index (χ0) is 20.9. The van der Waals surface area contributed by atoms with Crippen LogP contribution in [0.5, 0.6) is 0 Å². The predicted molar refractivity (Wildman–Crippen MR) is 121 cm³/mol. The van der Waals surface area contributed by atoms with Gasteiger partial charge in [-0.1, -0.05) is 90.9 Å². The molecule has 4 heteroatoms. The van der Waals surface area contributed by atoms with E-state index < -0.39 is 0 Å². The SMILES string of the molecule is CCCCCCCCCN(CCCCCCCCC)OC(=O)CCCN(C)C. The van der Waals surface area contributed by atoms with Crippen molar-refractivity contribution in [3.05, 3.63) is 0 Å². The quantitative estimate of drug-likeness (QED) is 0.161. The number of unbranched alkanes of at least 4 members (excludes halogenated alkanes) is 12. The number of carbonyl (C=O) groups is 1. The highest BCUT2D eigenvalue weighted by molar-refractivity contribution is 5.68. The summed E-state index contributed by atoms with van der Waals surface area (Å²) in [6.07, 6.45) is 19.5. The van der Waals surface area contributed by atoms with Crippen LogP contribution in [0.25, 0.3) is 0 Å². The normalized spacial score (nSPS) is 11.5. The summed E-state index contributed by atoms with van der Waals surface area (Å²) in [4.78, 5) is 20.0. The fourth-order valence-electron chi connectivity index (χ4n) is 3.42. The van der Waals surface area contributed by atoms with E-state index in [1.807, 2.05) is 19.2 Å². The fourth-order valence-corrected chi connectivity index (χ4v) is 3.42.